The largest absolute Gasteiger partial charge is 0.494 e. The molecule has 1 aliphatic heterocycles. The van der Waals surface area contributed by atoms with Crippen molar-refractivity contribution in [3.63, 3.8) is 0 Å². The van der Waals surface area contributed by atoms with Gasteiger partial charge in [0.05, 0.1) is 13.2 Å². The number of halogens is 3. The Hall–Kier alpha value is -3.67. The molecule has 1 aliphatic carbocycles. The van der Waals surface area contributed by atoms with Crippen molar-refractivity contribution in [2.75, 3.05) is 20.2 Å². The van der Waals surface area contributed by atoms with Crippen LogP contribution in [-0.2, 0) is 11.0 Å². The number of alkyl halides is 3. The molecule has 2 aliphatic rings. The van der Waals surface area contributed by atoms with Gasteiger partial charge in [-0.2, -0.15) is 13.2 Å². The number of pyridine rings is 1. The summed E-state index contributed by atoms with van der Waals surface area (Å²) in [4.78, 5) is 37.3. The van der Waals surface area contributed by atoms with E-state index in [0.29, 0.717) is 36.9 Å². The molecule has 3 N–H and O–H groups in total. The lowest BCUT2D eigenvalue weighted by molar-refractivity contribution is -0.141. The predicted molar refractivity (Wildman–Crippen MR) is 140 cm³/mol. The predicted octanol–water partition coefficient (Wildman–Crippen LogP) is 4.99. The third-order valence-electron chi connectivity index (χ3n) is 7.71. The second-order valence-electron chi connectivity index (χ2n) is 10.5. The second-order valence-corrected chi connectivity index (χ2v) is 10.5. The number of methoxy groups -OCH3 is 1. The van der Waals surface area contributed by atoms with E-state index in [1.54, 1.807) is 13.0 Å². The molecule has 2 aromatic heterocycles. The van der Waals surface area contributed by atoms with Crippen LogP contribution in [0.15, 0.2) is 28.7 Å². The van der Waals surface area contributed by atoms with Crippen LogP contribution in [0.25, 0.3) is 22.4 Å². The van der Waals surface area contributed by atoms with E-state index in [4.69, 9.17) is 14.9 Å². The number of piperidine rings is 1. The highest BCUT2D eigenvalue weighted by Gasteiger charge is 2.46. The number of carbonyl (C=O) groups is 2. The third-order valence-corrected chi connectivity index (χ3v) is 7.71. The van der Waals surface area contributed by atoms with Gasteiger partial charge in [0.15, 0.2) is 11.5 Å². The summed E-state index contributed by atoms with van der Waals surface area (Å²) in [6.07, 6.45) is 0.997. The van der Waals surface area contributed by atoms with Crippen molar-refractivity contribution < 1.29 is 31.9 Å². The van der Waals surface area contributed by atoms with E-state index in [-0.39, 0.29) is 34.5 Å². The number of hydrogen-bond acceptors (Lipinski definition) is 7. The average Bonchev–Trinajstić information content (AvgIpc) is 3.60. The van der Waals surface area contributed by atoms with E-state index < -0.39 is 29.4 Å². The van der Waals surface area contributed by atoms with Crippen molar-refractivity contribution in [3.8, 4) is 17.2 Å². The molecule has 1 aromatic carbocycles. The SMILES string of the molecule is COc1ccc(-c2nc(C(=O)NC3(C(=O)N4CCCCC4)CCCC3)c([C@H](C)N)o2)c2ccc(C(F)(F)F)nc12. The fourth-order valence-electron chi connectivity index (χ4n) is 5.67. The zero-order valence-corrected chi connectivity index (χ0v) is 22.4. The summed E-state index contributed by atoms with van der Waals surface area (Å²) in [7, 11) is 1.34. The van der Waals surface area contributed by atoms with Crippen LogP contribution < -0.4 is 15.8 Å². The van der Waals surface area contributed by atoms with Crippen LogP contribution in [0.2, 0.25) is 0 Å². The zero-order chi connectivity index (χ0) is 28.7. The first-order chi connectivity index (χ1) is 19.0. The van der Waals surface area contributed by atoms with Gasteiger partial charge in [0, 0.05) is 24.0 Å². The van der Waals surface area contributed by atoms with Crippen LogP contribution in [0.5, 0.6) is 5.75 Å². The first-order valence-electron chi connectivity index (χ1n) is 13.5. The zero-order valence-electron chi connectivity index (χ0n) is 22.4. The molecule has 9 nitrogen and oxygen atoms in total. The summed E-state index contributed by atoms with van der Waals surface area (Å²) in [5.41, 5.74) is 4.28. The number of oxazole rings is 1. The molecule has 2 fully saturated rings. The van der Waals surface area contributed by atoms with Gasteiger partial charge in [0.1, 0.15) is 22.5 Å². The number of fused-ring (bicyclic) bond motifs is 1. The maximum Gasteiger partial charge on any atom is 0.433 e. The molecule has 0 spiro atoms. The Bertz CT molecular complexity index is 1420. The smallest absolute Gasteiger partial charge is 0.433 e. The lowest BCUT2D eigenvalue weighted by atomic mass is 9.93. The van der Waals surface area contributed by atoms with Crippen molar-refractivity contribution in [3.05, 3.63) is 41.4 Å². The normalized spacial score (nSPS) is 18.1. The Balaban J connectivity index is 1.53. The number of carbonyl (C=O) groups excluding carboxylic acids is 2. The molecule has 1 saturated carbocycles. The highest BCUT2D eigenvalue weighted by Crippen LogP contribution is 2.38. The molecule has 3 aromatic rings. The number of nitrogens with one attached hydrogen (secondary N) is 1. The number of ether oxygens (including phenoxy) is 1. The van der Waals surface area contributed by atoms with Crippen molar-refractivity contribution in [2.45, 2.75) is 69.6 Å². The molecule has 214 valence electrons. The maximum atomic E-state index is 13.7. The number of aromatic nitrogens is 2. The first-order valence-corrected chi connectivity index (χ1v) is 13.5. The van der Waals surface area contributed by atoms with Crippen LogP contribution >= 0.6 is 0 Å². The van der Waals surface area contributed by atoms with Gasteiger partial charge in [-0.05, 0) is 63.3 Å². The van der Waals surface area contributed by atoms with Crippen LogP contribution in [-0.4, -0.2) is 52.4 Å². The topological polar surface area (TPSA) is 124 Å². The van der Waals surface area contributed by atoms with E-state index >= 15 is 0 Å². The van der Waals surface area contributed by atoms with Crippen LogP contribution in [0.3, 0.4) is 0 Å². The van der Waals surface area contributed by atoms with E-state index in [9.17, 15) is 22.8 Å². The summed E-state index contributed by atoms with van der Waals surface area (Å²) in [6.45, 7) is 2.98. The maximum absolute atomic E-state index is 13.7. The molecule has 12 heteroatoms. The molecule has 40 heavy (non-hydrogen) atoms. The van der Waals surface area contributed by atoms with Crippen LogP contribution in [0, 0.1) is 0 Å². The van der Waals surface area contributed by atoms with E-state index in [1.165, 1.54) is 19.2 Å². The molecule has 0 radical (unpaired) electrons. The standard InChI is InChI=1S/C28H32F3N5O4/c1-16(32)23-22(24(37)35-27(12-4-5-13-27)26(38)36-14-6-3-7-15-36)34-25(40-23)18-8-10-19(39-2)21-17(18)9-11-20(33-21)28(29,30)31/h8-11,16H,3-7,12-15,32H2,1-2H3,(H,35,37)/t16-/m0/s1. The number of nitrogens with two attached hydrogens (primary N) is 1. The molecular weight excluding hydrogens is 527 g/mol. The van der Waals surface area contributed by atoms with Gasteiger partial charge in [0.2, 0.25) is 11.8 Å². The Morgan fingerprint density at radius 1 is 1.07 bits per heavy atom. The molecule has 0 unspecified atom stereocenters. The minimum Gasteiger partial charge on any atom is -0.494 e. The molecule has 1 atom stereocenters. The first kappa shape index (κ1) is 27.9. The lowest BCUT2D eigenvalue weighted by Crippen LogP contribution is -2.59. The van der Waals surface area contributed by atoms with Gasteiger partial charge < -0.3 is 25.1 Å². The number of benzene rings is 1. The molecule has 5 rings (SSSR count). The number of nitrogens with zero attached hydrogens (tertiary/aromatic N) is 3. The highest BCUT2D eigenvalue weighted by atomic mass is 19.4. The van der Waals surface area contributed by atoms with Crippen molar-refractivity contribution in [1.29, 1.82) is 0 Å². The summed E-state index contributed by atoms with van der Waals surface area (Å²) in [5.74, 6) is -0.410. The summed E-state index contributed by atoms with van der Waals surface area (Å²) < 4.78 is 51.3. The third kappa shape index (κ3) is 5.12. The molecule has 3 heterocycles. The molecule has 1 saturated heterocycles. The number of amides is 2. The van der Waals surface area contributed by atoms with Gasteiger partial charge in [-0.1, -0.05) is 12.8 Å². The molecule has 0 bridgehead atoms. The van der Waals surface area contributed by atoms with Gasteiger partial charge in [-0.15, -0.1) is 0 Å². The Kier molecular flexibility index (Phi) is 7.47. The van der Waals surface area contributed by atoms with Gasteiger partial charge in [-0.3, -0.25) is 9.59 Å². The Morgan fingerprint density at radius 2 is 1.77 bits per heavy atom. The molecular formula is C28H32F3N5O4. The van der Waals surface area contributed by atoms with E-state index in [2.05, 4.69) is 15.3 Å². The number of hydrogen-bond donors (Lipinski definition) is 2. The highest BCUT2D eigenvalue weighted by molar-refractivity contribution is 6.00. The van der Waals surface area contributed by atoms with Gasteiger partial charge in [-0.25, -0.2) is 9.97 Å². The Morgan fingerprint density at radius 3 is 2.40 bits per heavy atom. The average molecular weight is 560 g/mol. The van der Waals surface area contributed by atoms with Crippen LogP contribution in [0.1, 0.15) is 79.9 Å². The minimum atomic E-state index is -4.65. The Labute approximate surface area is 229 Å². The fraction of sp³-hybridized carbons (Fsp3) is 0.500. The van der Waals surface area contributed by atoms with E-state index in [0.717, 1.165) is 38.2 Å². The van der Waals surface area contributed by atoms with E-state index in [1.807, 2.05) is 4.90 Å². The van der Waals surface area contributed by atoms with Crippen molar-refractivity contribution >= 4 is 22.7 Å². The summed E-state index contributed by atoms with van der Waals surface area (Å²) in [5, 5.41) is 3.28. The lowest BCUT2D eigenvalue weighted by Gasteiger charge is -2.36. The number of rotatable bonds is 6. The summed E-state index contributed by atoms with van der Waals surface area (Å²) in [6, 6.07) is 4.45. The van der Waals surface area contributed by atoms with Crippen molar-refractivity contribution in [2.24, 2.45) is 5.73 Å². The number of likely N-dealkylation sites (tertiary alicyclic amines) is 1. The second kappa shape index (κ2) is 10.7. The summed E-state index contributed by atoms with van der Waals surface area (Å²) >= 11 is 0. The van der Waals surface area contributed by atoms with Gasteiger partial charge >= 0.3 is 6.18 Å². The molecule has 2 amide bonds. The minimum absolute atomic E-state index is 0.00510. The van der Waals surface area contributed by atoms with Gasteiger partial charge in [0.25, 0.3) is 5.91 Å². The fourth-order valence-corrected chi connectivity index (χ4v) is 5.67. The van der Waals surface area contributed by atoms with Crippen LogP contribution in [0.4, 0.5) is 13.2 Å². The van der Waals surface area contributed by atoms with Crippen molar-refractivity contribution in [1.82, 2.24) is 20.2 Å². The monoisotopic (exact) mass is 559 g/mol. The quantitative estimate of drug-likeness (QED) is 0.436.